The quantitative estimate of drug-likeness (QED) is 0.339. The Morgan fingerprint density at radius 3 is 1.43 bits per heavy atom. The predicted molar refractivity (Wildman–Crippen MR) is 163 cm³/mol. The van der Waals surface area contributed by atoms with Crippen molar-refractivity contribution in [2.75, 3.05) is 45.8 Å². The summed E-state index contributed by atoms with van der Waals surface area (Å²) in [4.78, 5) is 49.2. The molecule has 1 aromatic rings. The number of ether oxygens (including phenoxy) is 3. The van der Waals surface area contributed by atoms with Gasteiger partial charge in [-0.1, -0.05) is 6.07 Å². The van der Waals surface area contributed by atoms with Gasteiger partial charge in [-0.05, 0) is 100 Å². The number of nitrogens with zero attached hydrogens (tertiary/aromatic N) is 4. The zero-order valence-corrected chi connectivity index (χ0v) is 27.5. The molecule has 0 saturated carbocycles. The highest BCUT2D eigenvalue weighted by molar-refractivity contribution is 5.72. The zero-order valence-electron chi connectivity index (χ0n) is 27.5. The smallest absolute Gasteiger partial charge is 0.320 e. The van der Waals surface area contributed by atoms with Crippen LogP contribution in [0.2, 0.25) is 0 Å². The van der Waals surface area contributed by atoms with Crippen LogP contribution in [0, 0.1) is 0 Å². The average molecular weight is 591 g/mol. The molecule has 0 aromatic carbocycles. The van der Waals surface area contributed by atoms with Crippen LogP contribution >= 0.6 is 0 Å². The minimum absolute atomic E-state index is 0.159. The Kier molecular flexibility index (Phi) is 13.4. The first kappa shape index (κ1) is 35.6. The van der Waals surface area contributed by atoms with Gasteiger partial charge >= 0.3 is 17.9 Å². The molecule has 1 aromatic heterocycles. The Labute approximate surface area is 253 Å². The van der Waals surface area contributed by atoms with Crippen LogP contribution in [0.15, 0.2) is 18.2 Å². The molecule has 0 fully saturated rings. The monoisotopic (exact) mass is 590 g/mol. The summed E-state index contributed by atoms with van der Waals surface area (Å²) in [5.74, 6) is -0.764. The van der Waals surface area contributed by atoms with Gasteiger partial charge in [-0.25, -0.2) is 0 Å². The summed E-state index contributed by atoms with van der Waals surface area (Å²) in [5.41, 5.74) is 0.0607. The molecule has 2 bridgehead atoms. The third-order valence-corrected chi connectivity index (χ3v) is 6.13. The van der Waals surface area contributed by atoms with Crippen LogP contribution in [-0.4, -0.2) is 100 Å². The lowest BCUT2D eigenvalue weighted by Crippen LogP contribution is -2.39. The highest BCUT2D eigenvalue weighted by Gasteiger charge is 2.23. The number of hydrogen-bond acceptors (Lipinski definition) is 10. The summed E-state index contributed by atoms with van der Waals surface area (Å²) in [6.07, 6.45) is 1.91. The fraction of sp³-hybridized carbons (Fsp3) is 0.750. The Bertz CT molecular complexity index is 964. The molecule has 0 radical (unpaired) electrons. The van der Waals surface area contributed by atoms with Crippen molar-refractivity contribution < 1.29 is 28.6 Å². The highest BCUT2D eigenvalue weighted by Crippen LogP contribution is 2.14. The molecule has 0 aliphatic carbocycles. The Hall–Kier alpha value is -2.56. The Balaban J connectivity index is 2.24. The summed E-state index contributed by atoms with van der Waals surface area (Å²) in [6, 6.07) is 5.89. The minimum Gasteiger partial charge on any atom is -0.460 e. The molecule has 1 aliphatic rings. The van der Waals surface area contributed by atoms with Crippen molar-refractivity contribution in [2.24, 2.45) is 0 Å². The number of pyridine rings is 1. The molecular weight excluding hydrogens is 536 g/mol. The number of carbonyl (C=O) groups is 3. The number of fused-ring (bicyclic) bond motifs is 2. The predicted octanol–water partition coefficient (Wildman–Crippen LogP) is 4.20. The fourth-order valence-electron chi connectivity index (χ4n) is 4.72. The van der Waals surface area contributed by atoms with Gasteiger partial charge in [-0.2, -0.15) is 0 Å². The molecule has 42 heavy (non-hydrogen) atoms. The summed E-state index contributed by atoms with van der Waals surface area (Å²) in [5, 5.41) is 0. The molecule has 0 saturated heterocycles. The van der Waals surface area contributed by atoms with Crippen molar-refractivity contribution >= 4 is 17.9 Å². The summed E-state index contributed by atoms with van der Waals surface area (Å²) in [7, 11) is 0. The topological polar surface area (TPSA) is 102 Å². The van der Waals surface area contributed by atoms with Gasteiger partial charge in [0.25, 0.3) is 0 Å². The molecular formula is C32H54N4O6. The first-order chi connectivity index (χ1) is 19.4. The molecule has 2 rings (SSSR count). The first-order valence-corrected chi connectivity index (χ1v) is 15.1. The number of aromatic nitrogens is 1. The van der Waals surface area contributed by atoms with Crippen molar-refractivity contribution in [3.8, 4) is 0 Å². The maximum atomic E-state index is 12.7. The largest absolute Gasteiger partial charge is 0.460 e. The van der Waals surface area contributed by atoms with Crippen LogP contribution < -0.4 is 0 Å². The van der Waals surface area contributed by atoms with Crippen LogP contribution in [0.5, 0.6) is 0 Å². The minimum atomic E-state index is -0.562. The molecule has 0 amide bonds. The van der Waals surface area contributed by atoms with E-state index in [-0.39, 0.29) is 31.0 Å². The lowest BCUT2D eigenvalue weighted by Gasteiger charge is -2.29. The van der Waals surface area contributed by atoms with E-state index in [1.54, 1.807) is 0 Å². The van der Waals surface area contributed by atoms with Gasteiger partial charge in [0.1, 0.15) is 16.8 Å². The molecule has 238 valence electrons. The van der Waals surface area contributed by atoms with Gasteiger partial charge in [-0.3, -0.25) is 29.2 Å². The molecule has 2 heterocycles. The van der Waals surface area contributed by atoms with E-state index in [1.807, 2.05) is 80.5 Å². The summed E-state index contributed by atoms with van der Waals surface area (Å²) >= 11 is 0. The van der Waals surface area contributed by atoms with Gasteiger partial charge < -0.3 is 19.1 Å². The van der Waals surface area contributed by atoms with Gasteiger partial charge in [0, 0.05) is 32.7 Å². The van der Waals surface area contributed by atoms with Crippen molar-refractivity contribution in [1.82, 2.24) is 19.7 Å². The van der Waals surface area contributed by atoms with E-state index >= 15 is 0 Å². The van der Waals surface area contributed by atoms with Crippen LogP contribution in [0.4, 0.5) is 0 Å². The first-order valence-electron chi connectivity index (χ1n) is 15.1. The van der Waals surface area contributed by atoms with E-state index in [9.17, 15) is 14.4 Å². The molecule has 1 aliphatic heterocycles. The van der Waals surface area contributed by atoms with E-state index in [1.165, 1.54) is 0 Å². The summed E-state index contributed by atoms with van der Waals surface area (Å²) in [6.45, 7) is 21.6. The SMILES string of the molecule is CC(C)(C)OC(=O)CCN1CCCN(CC(=O)OC(C)(C)C)Cc2cccc(n2)CN(CC(=O)OC(C)(C)C)CCC1. The second kappa shape index (κ2) is 15.8. The van der Waals surface area contributed by atoms with E-state index in [0.717, 1.165) is 37.3 Å². The van der Waals surface area contributed by atoms with Gasteiger partial charge in [-0.15, -0.1) is 0 Å². The van der Waals surface area contributed by atoms with E-state index < -0.39 is 16.8 Å². The van der Waals surface area contributed by atoms with Crippen molar-refractivity contribution in [3.05, 3.63) is 29.6 Å². The molecule has 0 spiro atoms. The number of carbonyl (C=O) groups excluding carboxylic acids is 3. The number of hydrogen-bond donors (Lipinski definition) is 0. The number of rotatable bonds is 7. The molecule has 10 heteroatoms. The van der Waals surface area contributed by atoms with Gasteiger partial charge in [0.15, 0.2) is 0 Å². The normalized spacial score (nSPS) is 17.3. The molecule has 10 nitrogen and oxygen atoms in total. The lowest BCUT2D eigenvalue weighted by atomic mass is 10.2. The van der Waals surface area contributed by atoms with Gasteiger partial charge in [0.2, 0.25) is 0 Å². The summed E-state index contributed by atoms with van der Waals surface area (Å²) < 4.78 is 16.7. The molecule has 0 atom stereocenters. The van der Waals surface area contributed by atoms with Crippen molar-refractivity contribution in [1.29, 1.82) is 0 Å². The van der Waals surface area contributed by atoms with E-state index in [0.29, 0.717) is 39.1 Å². The van der Waals surface area contributed by atoms with Gasteiger partial charge in [0.05, 0.1) is 30.9 Å². The zero-order chi connectivity index (χ0) is 31.6. The number of esters is 3. The van der Waals surface area contributed by atoms with Crippen molar-refractivity contribution in [2.45, 2.75) is 111 Å². The third-order valence-electron chi connectivity index (χ3n) is 6.13. The van der Waals surface area contributed by atoms with Crippen LogP contribution in [0.3, 0.4) is 0 Å². The molecule has 0 unspecified atom stereocenters. The van der Waals surface area contributed by atoms with Crippen LogP contribution in [0.25, 0.3) is 0 Å². The Morgan fingerprint density at radius 1 is 0.643 bits per heavy atom. The van der Waals surface area contributed by atoms with E-state index in [2.05, 4.69) is 14.7 Å². The lowest BCUT2D eigenvalue weighted by molar-refractivity contribution is -0.157. The maximum Gasteiger partial charge on any atom is 0.320 e. The highest BCUT2D eigenvalue weighted by atomic mass is 16.6. The molecule has 0 N–H and O–H groups in total. The average Bonchev–Trinajstić information content (AvgIpc) is 2.78. The van der Waals surface area contributed by atoms with Crippen molar-refractivity contribution in [3.63, 3.8) is 0 Å². The fourth-order valence-corrected chi connectivity index (χ4v) is 4.72. The third kappa shape index (κ3) is 16.2. The maximum absolute atomic E-state index is 12.7. The standard InChI is InChI=1S/C32H54N4O6/c1-30(2,3)40-27(37)15-20-34-16-11-18-35(23-28(38)41-31(4,5)6)21-25-13-10-14-26(33-25)22-36(19-12-17-34)24-29(39)42-32(7,8)9/h10,13-14H,11-12,15-24H2,1-9H3. The Morgan fingerprint density at radius 2 is 1.02 bits per heavy atom. The van der Waals surface area contributed by atoms with E-state index in [4.69, 9.17) is 19.2 Å². The second-order valence-corrected chi connectivity index (χ2v) is 14.1. The second-order valence-electron chi connectivity index (χ2n) is 14.1. The van der Waals surface area contributed by atoms with Crippen LogP contribution in [0.1, 0.15) is 93.0 Å². The van der Waals surface area contributed by atoms with Crippen LogP contribution in [-0.2, 0) is 41.7 Å².